The van der Waals surface area contributed by atoms with Gasteiger partial charge in [0.15, 0.2) is 0 Å². The van der Waals surface area contributed by atoms with Gasteiger partial charge in [0.2, 0.25) is 0 Å². The lowest BCUT2D eigenvalue weighted by atomic mass is 10.1. The fourth-order valence-corrected chi connectivity index (χ4v) is 1.99. The predicted octanol–water partition coefficient (Wildman–Crippen LogP) is 3.37. The molecule has 0 amide bonds. The topological polar surface area (TPSA) is 48.1 Å². The van der Waals surface area contributed by atoms with E-state index >= 15 is 0 Å². The minimum absolute atomic E-state index is 0.0842. The third-order valence-electron chi connectivity index (χ3n) is 3.11. The second-order valence-corrected chi connectivity index (χ2v) is 4.64. The van der Waals surface area contributed by atoms with E-state index in [1.54, 1.807) is 0 Å². The van der Waals surface area contributed by atoms with E-state index in [0.717, 1.165) is 30.7 Å². The highest BCUT2D eigenvalue weighted by Crippen LogP contribution is 2.19. The van der Waals surface area contributed by atoms with Gasteiger partial charge in [-0.3, -0.25) is 4.98 Å². The Morgan fingerprint density at radius 2 is 2.00 bits per heavy atom. The highest BCUT2D eigenvalue weighted by Gasteiger charge is 2.05. The van der Waals surface area contributed by atoms with E-state index in [0.29, 0.717) is 0 Å². The quantitative estimate of drug-likeness (QED) is 0.636. The van der Waals surface area contributed by atoms with Crippen molar-refractivity contribution in [1.82, 2.24) is 4.98 Å². The molecule has 1 unspecified atom stereocenters. The maximum atomic E-state index is 5.83. The van der Waals surface area contributed by atoms with Crippen LogP contribution in [0, 0.1) is 0 Å². The van der Waals surface area contributed by atoms with Crippen molar-refractivity contribution in [2.24, 2.45) is 0 Å². The van der Waals surface area contributed by atoms with E-state index in [2.05, 4.69) is 11.9 Å². The molecular weight excluding hydrogens is 236 g/mol. The number of anilines is 1. The molecule has 2 N–H and O–H groups in total. The van der Waals surface area contributed by atoms with E-state index in [4.69, 9.17) is 10.5 Å². The van der Waals surface area contributed by atoms with Crippen molar-refractivity contribution in [2.45, 2.75) is 25.9 Å². The maximum Gasteiger partial charge on any atom is 0.0797 e. The van der Waals surface area contributed by atoms with Crippen molar-refractivity contribution < 1.29 is 4.74 Å². The number of aromatic nitrogens is 1. The number of hydrogen-bond donors (Lipinski definition) is 1. The summed E-state index contributed by atoms with van der Waals surface area (Å²) in [5, 5.41) is 0. The first-order chi connectivity index (χ1) is 9.25. The van der Waals surface area contributed by atoms with Crippen LogP contribution in [0.25, 0.3) is 0 Å². The largest absolute Gasteiger partial charge is 0.399 e. The molecule has 1 aromatic heterocycles. The van der Waals surface area contributed by atoms with Gasteiger partial charge in [-0.1, -0.05) is 12.1 Å². The molecule has 2 aromatic rings. The fourth-order valence-electron chi connectivity index (χ4n) is 1.99. The number of nitrogens with two attached hydrogens (primary N) is 1. The Kier molecular flexibility index (Phi) is 4.93. The molecule has 0 fully saturated rings. The first-order valence-electron chi connectivity index (χ1n) is 6.61. The molecular formula is C16H20N2O. The van der Waals surface area contributed by atoms with E-state index in [-0.39, 0.29) is 6.10 Å². The van der Waals surface area contributed by atoms with Gasteiger partial charge in [-0.2, -0.15) is 0 Å². The van der Waals surface area contributed by atoms with Crippen molar-refractivity contribution in [1.29, 1.82) is 0 Å². The summed E-state index contributed by atoms with van der Waals surface area (Å²) in [6.07, 6.45) is 5.76. The lowest BCUT2D eigenvalue weighted by Gasteiger charge is -2.13. The van der Waals surface area contributed by atoms with Gasteiger partial charge in [-0.25, -0.2) is 0 Å². The number of benzene rings is 1. The van der Waals surface area contributed by atoms with Gasteiger partial charge in [0.1, 0.15) is 0 Å². The van der Waals surface area contributed by atoms with Crippen molar-refractivity contribution in [2.75, 3.05) is 12.3 Å². The first kappa shape index (κ1) is 13.6. The molecule has 2 rings (SSSR count). The van der Waals surface area contributed by atoms with Gasteiger partial charge in [-0.15, -0.1) is 0 Å². The average molecular weight is 256 g/mol. The van der Waals surface area contributed by atoms with Crippen LogP contribution in [0.1, 0.15) is 30.6 Å². The molecule has 0 saturated carbocycles. The van der Waals surface area contributed by atoms with Gasteiger partial charge in [-0.05, 0) is 55.2 Å². The lowest BCUT2D eigenvalue weighted by Crippen LogP contribution is -2.03. The summed E-state index contributed by atoms with van der Waals surface area (Å²) in [6.45, 7) is 2.81. The summed E-state index contributed by atoms with van der Waals surface area (Å²) in [6, 6.07) is 11.9. The molecule has 3 heteroatoms. The minimum Gasteiger partial charge on any atom is -0.399 e. The van der Waals surface area contributed by atoms with Crippen LogP contribution in [0.5, 0.6) is 0 Å². The number of nitrogens with zero attached hydrogens (tertiary/aromatic N) is 1. The van der Waals surface area contributed by atoms with Gasteiger partial charge in [0.25, 0.3) is 0 Å². The van der Waals surface area contributed by atoms with E-state index in [1.165, 1.54) is 5.56 Å². The molecule has 0 saturated heterocycles. The normalized spacial score (nSPS) is 12.3. The number of rotatable bonds is 6. The van der Waals surface area contributed by atoms with Crippen LogP contribution in [0.2, 0.25) is 0 Å². The molecule has 1 aromatic carbocycles. The molecule has 0 aliphatic rings. The Hall–Kier alpha value is -1.87. The van der Waals surface area contributed by atoms with Crippen LogP contribution in [-0.2, 0) is 11.2 Å². The molecule has 1 atom stereocenters. The Morgan fingerprint density at radius 3 is 2.74 bits per heavy atom. The molecule has 0 aliphatic carbocycles. The maximum absolute atomic E-state index is 5.83. The van der Waals surface area contributed by atoms with Crippen LogP contribution in [0.15, 0.2) is 48.8 Å². The highest BCUT2D eigenvalue weighted by atomic mass is 16.5. The summed E-state index contributed by atoms with van der Waals surface area (Å²) in [5.41, 5.74) is 8.98. The molecule has 1 heterocycles. The summed E-state index contributed by atoms with van der Waals surface area (Å²) in [5.74, 6) is 0. The van der Waals surface area contributed by atoms with Crippen molar-refractivity contribution in [3.8, 4) is 0 Å². The second-order valence-electron chi connectivity index (χ2n) is 4.64. The number of pyridine rings is 1. The van der Waals surface area contributed by atoms with Crippen molar-refractivity contribution >= 4 is 5.69 Å². The third kappa shape index (κ3) is 4.38. The SMILES string of the molecule is CC(OCCCc1ccncc1)c1cccc(N)c1. The Bertz CT molecular complexity index is 499. The minimum atomic E-state index is 0.0842. The fraction of sp³-hybridized carbons (Fsp3) is 0.312. The van der Waals surface area contributed by atoms with Crippen molar-refractivity contribution in [3.63, 3.8) is 0 Å². The second kappa shape index (κ2) is 6.90. The van der Waals surface area contributed by atoms with Crippen molar-refractivity contribution in [3.05, 3.63) is 59.9 Å². The number of hydrogen-bond acceptors (Lipinski definition) is 3. The summed E-state index contributed by atoms with van der Waals surface area (Å²) >= 11 is 0. The average Bonchev–Trinajstić information content (AvgIpc) is 2.44. The molecule has 0 aliphatic heterocycles. The zero-order valence-electron chi connectivity index (χ0n) is 11.3. The summed E-state index contributed by atoms with van der Waals surface area (Å²) in [4.78, 5) is 4.01. The molecule has 3 nitrogen and oxygen atoms in total. The van der Waals surface area contributed by atoms with Gasteiger partial charge < -0.3 is 10.5 Å². The van der Waals surface area contributed by atoms with Gasteiger partial charge in [0, 0.05) is 24.7 Å². The third-order valence-corrected chi connectivity index (χ3v) is 3.11. The van der Waals surface area contributed by atoms with E-state index < -0.39 is 0 Å². The van der Waals surface area contributed by atoms with Crippen LogP contribution < -0.4 is 5.73 Å². The highest BCUT2D eigenvalue weighted by molar-refractivity contribution is 5.41. The van der Waals surface area contributed by atoms with E-state index in [1.807, 2.05) is 48.8 Å². The summed E-state index contributed by atoms with van der Waals surface area (Å²) in [7, 11) is 0. The number of ether oxygens (including phenoxy) is 1. The molecule has 0 radical (unpaired) electrons. The van der Waals surface area contributed by atoms with Gasteiger partial charge >= 0.3 is 0 Å². The summed E-state index contributed by atoms with van der Waals surface area (Å²) < 4.78 is 5.83. The van der Waals surface area contributed by atoms with E-state index in [9.17, 15) is 0 Å². The number of nitrogen functional groups attached to an aromatic ring is 1. The van der Waals surface area contributed by atoms with Crippen LogP contribution in [0.4, 0.5) is 5.69 Å². The van der Waals surface area contributed by atoms with Crippen LogP contribution in [-0.4, -0.2) is 11.6 Å². The zero-order valence-corrected chi connectivity index (χ0v) is 11.3. The molecule has 100 valence electrons. The van der Waals surface area contributed by atoms with Crippen LogP contribution >= 0.6 is 0 Å². The van der Waals surface area contributed by atoms with Crippen LogP contribution in [0.3, 0.4) is 0 Å². The lowest BCUT2D eigenvalue weighted by molar-refractivity contribution is 0.0642. The Morgan fingerprint density at radius 1 is 1.21 bits per heavy atom. The Balaban J connectivity index is 1.74. The Labute approximate surface area is 114 Å². The predicted molar refractivity (Wildman–Crippen MR) is 77.8 cm³/mol. The first-order valence-corrected chi connectivity index (χ1v) is 6.61. The van der Waals surface area contributed by atoms with Gasteiger partial charge in [0.05, 0.1) is 6.10 Å². The standard InChI is InChI=1S/C16H20N2O/c1-13(15-5-2-6-16(17)12-15)19-11-3-4-14-7-9-18-10-8-14/h2,5-10,12-13H,3-4,11,17H2,1H3. The zero-order chi connectivity index (χ0) is 13.5. The molecule has 0 spiro atoms. The molecule has 0 bridgehead atoms. The molecule has 19 heavy (non-hydrogen) atoms. The smallest absolute Gasteiger partial charge is 0.0797 e. The monoisotopic (exact) mass is 256 g/mol. The number of aryl methyl sites for hydroxylation is 1.